The minimum Gasteiger partial charge on any atom is -0.480 e. The molecule has 0 aromatic heterocycles. The Bertz CT molecular complexity index is 724. The van der Waals surface area contributed by atoms with Gasteiger partial charge in [0.25, 0.3) is 0 Å². The predicted octanol–water partition coefficient (Wildman–Crippen LogP) is 3.51. The molecule has 0 radical (unpaired) electrons. The number of hydrogen-bond donors (Lipinski definition) is 2. The zero-order valence-electron chi connectivity index (χ0n) is 12.5. The number of carboxylic acids is 1. The van der Waals surface area contributed by atoms with Crippen molar-refractivity contribution in [3.63, 3.8) is 0 Å². The third-order valence-electron chi connectivity index (χ3n) is 3.24. The van der Waals surface area contributed by atoms with Gasteiger partial charge in [0.15, 0.2) is 0 Å². The van der Waals surface area contributed by atoms with E-state index in [-0.39, 0.29) is 18.6 Å². The van der Waals surface area contributed by atoms with Gasteiger partial charge in [0.2, 0.25) is 0 Å². The monoisotopic (exact) mass is 395 g/mol. The molecular formula is C17H15BrFNO4. The highest BCUT2D eigenvalue weighted by Gasteiger charge is 2.22. The largest absolute Gasteiger partial charge is 0.480 e. The van der Waals surface area contributed by atoms with Crippen LogP contribution < -0.4 is 5.32 Å². The fraction of sp³-hybridized carbons (Fsp3) is 0.176. The number of ether oxygens (including phenoxy) is 1. The summed E-state index contributed by atoms with van der Waals surface area (Å²) in [5, 5.41) is 11.5. The molecule has 2 aromatic carbocycles. The van der Waals surface area contributed by atoms with Crippen molar-refractivity contribution in [2.45, 2.75) is 19.1 Å². The van der Waals surface area contributed by atoms with Crippen LogP contribution in [0.3, 0.4) is 0 Å². The molecule has 2 N–H and O–H groups in total. The predicted molar refractivity (Wildman–Crippen MR) is 89.0 cm³/mol. The number of alkyl carbamates (subject to hydrolysis) is 1. The molecule has 0 aliphatic heterocycles. The summed E-state index contributed by atoms with van der Waals surface area (Å²) in [6.45, 7) is 0.0195. The average molecular weight is 396 g/mol. The van der Waals surface area contributed by atoms with Gasteiger partial charge < -0.3 is 15.2 Å². The lowest BCUT2D eigenvalue weighted by Crippen LogP contribution is -2.42. The molecule has 1 amide bonds. The van der Waals surface area contributed by atoms with E-state index in [4.69, 9.17) is 4.74 Å². The van der Waals surface area contributed by atoms with Gasteiger partial charge >= 0.3 is 12.1 Å². The van der Waals surface area contributed by atoms with Crippen molar-refractivity contribution in [2.24, 2.45) is 0 Å². The van der Waals surface area contributed by atoms with Gasteiger partial charge in [-0.1, -0.05) is 52.3 Å². The van der Waals surface area contributed by atoms with E-state index in [0.29, 0.717) is 4.47 Å². The number of hydrogen-bond acceptors (Lipinski definition) is 3. The van der Waals surface area contributed by atoms with Crippen molar-refractivity contribution >= 4 is 28.0 Å². The Morgan fingerprint density at radius 1 is 1.21 bits per heavy atom. The molecule has 2 aromatic rings. The normalized spacial score (nSPS) is 11.6. The summed E-state index contributed by atoms with van der Waals surface area (Å²) in [6.07, 6.45) is -1.06. The van der Waals surface area contributed by atoms with Crippen molar-refractivity contribution in [3.05, 3.63) is 69.9 Å². The first-order valence-electron chi connectivity index (χ1n) is 7.09. The molecule has 2 rings (SSSR count). The molecule has 0 heterocycles. The lowest BCUT2D eigenvalue weighted by atomic mass is 10.1. The molecule has 0 saturated heterocycles. The van der Waals surface area contributed by atoms with Crippen molar-refractivity contribution in [2.75, 3.05) is 0 Å². The second-order valence-electron chi connectivity index (χ2n) is 5.04. The number of aliphatic carboxylic acids is 1. The first-order valence-corrected chi connectivity index (χ1v) is 7.89. The Kier molecular flexibility index (Phi) is 6.31. The maximum Gasteiger partial charge on any atom is 0.408 e. The third kappa shape index (κ3) is 5.34. The van der Waals surface area contributed by atoms with Crippen LogP contribution in [-0.2, 0) is 22.6 Å². The average Bonchev–Trinajstić information content (AvgIpc) is 2.55. The number of amides is 1. The summed E-state index contributed by atoms with van der Waals surface area (Å²) in [7, 11) is 0. The number of carbonyl (C=O) groups is 2. The highest BCUT2D eigenvalue weighted by atomic mass is 79.9. The van der Waals surface area contributed by atoms with E-state index < -0.39 is 23.9 Å². The van der Waals surface area contributed by atoms with Gasteiger partial charge in [0.05, 0.1) is 0 Å². The van der Waals surface area contributed by atoms with Crippen LogP contribution in [0.4, 0.5) is 9.18 Å². The van der Waals surface area contributed by atoms with E-state index in [1.165, 1.54) is 12.1 Å². The molecule has 1 atom stereocenters. The first-order chi connectivity index (χ1) is 11.5. The molecule has 0 saturated carbocycles. The van der Waals surface area contributed by atoms with Gasteiger partial charge in [-0.15, -0.1) is 0 Å². The van der Waals surface area contributed by atoms with Crippen molar-refractivity contribution in [1.82, 2.24) is 5.32 Å². The zero-order valence-corrected chi connectivity index (χ0v) is 14.1. The first kappa shape index (κ1) is 17.9. The smallest absolute Gasteiger partial charge is 0.408 e. The SMILES string of the molecule is O=C(N[C@H](Cc1ccc(Br)cc1F)C(=O)O)OCc1ccccc1. The quantitative estimate of drug-likeness (QED) is 0.784. The molecule has 126 valence electrons. The van der Waals surface area contributed by atoms with Gasteiger partial charge in [-0.05, 0) is 23.3 Å². The Morgan fingerprint density at radius 3 is 2.54 bits per heavy atom. The Hall–Kier alpha value is -2.41. The van der Waals surface area contributed by atoms with Crippen LogP contribution in [0, 0.1) is 5.82 Å². The highest BCUT2D eigenvalue weighted by Crippen LogP contribution is 2.16. The standard InChI is InChI=1S/C17H15BrFNO4/c18-13-7-6-12(14(19)9-13)8-15(16(21)22)20-17(23)24-10-11-4-2-1-3-5-11/h1-7,9,15H,8,10H2,(H,20,23)(H,21,22)/t15-/m1/s1. The maximum absolute atomic E-state index is 13.8. The number of halogens is 2. The summed E-state index contributed by atoms with van der Waals surface area (Å²) < 4.78 is 19.3. The van der Waals surface area contributed by atoms with Crippen LogP contribution in [0.2, 0.25) is 0 Å². The summed E-state index contributed by atoms with van der Waals surface area (Å²) >= 11 is 3.13. The fourth-order valence-corrected chi connectivity index (χ4v) is 2.35. The van der Waals surface area contributed by atoms with E-state index in [1.54, 1.807) is 30.3 Å². The maximum atomic E-state index is 13.8. The van der Waals surface area contributed by atoms with Gasteiger partial charge in [0.1, 0.15) is 18.5 Å². The second kappa shape index (κ2) is 8.44. The van der Waals surface area contributed by atoms with Crippen LogP contribution in [0.5, 0.6) is 0 Å². The Balaban J connectivity index is 1.95. The number of benzene rings is 2. The van der Waals surface area contributed by atoms with E-state index in [1.807, 2.05) is 6.07 Å². The molecular weight excluding hydrogens is 381 g/mol. The molecule has 7 heteroatoms. The summed E-state index contributed by atoms with van der Waals surface area (Å²) in [5.74, 6) is -1.82. The molecule has 0 bridgehead atoms. The number of nitrogens with one attached hydrogen (secondary N) is 1. The van der Waals surface area contributed by atoms with E-state index in [0.717, 1.165) is 5.56 Å². The van der Waals surface area contributed by atoms with E-state index in [2.05, 4.69) is 21.2 Å². The van der Waals surface area contributed by atoms with E-state index in [9.17, 15) is 19.1 Å². The van der Waals surface area contributed by atoms with Crippen LogP contribution in [0.15, 0.2) is 53.0 Å². The molecule has 0 aliphatic carbocycles. The molecule has 0 unspecified atom stereocenters. The minimum absolute atomic E-state index is 0.0195. The highest BCUT2D eigenvalue weighted by molar-refractivity contribution is 9.10. The van der Waals surface area contributed by atoms with E-state index >= 15 is 0 Å². The van der Waals surface area contributed by atoms with Gasteiger partial charge in [0, 0.05) is 10.9 Å². The van der Waals surface area contributed by atoms with Crippen LogP contribution in [0.1, 0.15) is 11.1 Å². The zero-order chi connectivity index (χ0) is 17.5. The topological polar surface area (TPSA) is 75.6 Å². The number of carbonyl (C=O) groups excluding carboxylic acids is 1. The van der Waals surface area contributed by atoms with Crippen LogP contribution in [0.25, 0.3) is 0 Å². The molecule has 0 aliphatic rings. The summed E-state index contributed by atoms with van der Waals surface area (Å²) in [6, 6.07) is 12.0. The third-order valence-corrected chi connectivity index (χ3v) is 3.74. The second-order valence-corrected chi connectivity index (χ2v) is 5.95. The van der Waals surface area contributed by atoms with Crippen LogP contribution >= 0.6 is 15.9 Å². The lowest BCUT2D eigenvalue weighted by molar-refractivity contribution is -0.139. The van der Waals surface area contributed by atoms with Gasteiger partial charge in [-0.2, -0.15) is 0 Å². The van der Waals surface area contributed by atoms with Crippen molar-refractivity contribution < 1.29 is 23.8 Å². The molecule has 24 heavy (non-hydrogen) atoms. The number of rotatable bonds is 6. The molecule has 5 nitrogen and oxygen atoms in total. The van der Waals surface area contributed by atoms with Crippen LogP contribution in [-0.4, -0.2) is 23.2 Å². The number of carboxylic acid groups (broad SMARTS) is 1. The fourth-order valence-electron chi connectivity index (χ4n) is 2.01. The lowest BCUT2D eigenvalue weighted by Gasteiger charge is -2.15. The summed E-state index contributed by atoms with van der Waals surface area (Å²) in [4.78, 5) is 23.1. The minimum atomic E-state index is -1.29. The van der Waals surface area contributed by atoms with Gasteiger partial charge in [-0.25, -0.2) is 14.0 Å². The Morgan fingerprint density at radius 2 is 1.92 bits per heavy atom. The Labute approximate surface area is 146 Å². The van der Waals surface area contributed by atoms with Crippen molar-refractivity contribution in [3.8, 4) is 0 Å². The van der Waals surface area contributed by atoms with Gasteiger partial charge in [-0.3, -0.25) is 0 Å². The summed E-state index contributed by atoms with van der Waals surface area (Å²) in [5.41, 5.74) is 0.965. The molecule has 0 fully saturated rings. The van der Waals surface area contributed by atoms with Crippen molar-refractivity contribution in [1.29, 1.82) is 0 Å². The molecule has 0 spiro atoms.